The van der Waals surface area contributed by atoms with E-state index in [1.807, 2.05) is 27.7 Å². The van der Waals surface area contributed by atoms with E-state index in [2.05, 4.69) is 4.98 Å². The van der Waals surface area contributed by atoms with Crippen molar-refractivity contribution >= 4 is 12.0 Å². The lowest BCUT2D eigenvalue weighted by atomic mass is 9.98. The highest BCUT2D eigenvalue weighted by Crippen LogP contribution is 2.38. The highest BCUT2D eigenvalue weighted by molar-refractivity contribution is 5.90. The van der Waals surface area contributed by atoms with Crippen LogP contribution in [0.3, 0.4) is 0 Å². The van der Waals surface area contributed by atoms with Gasteiger partial charge in [-0.1, -0.05) is 0 Å². The fraction of sp³-hybridized carbons (Fsp3) is 0.524. The number of likely N-dealkylation sites (tertiary alicyclic amines) is 2. The number of oxazole rings is 1. The first kappa shape index (κ1) is 20.2. The zero-order chi connectivity index (χ0) is 21.6. The molecule has 2 aromatic rings. The van der Waals surface area contributed by atoms with E-state index in [-0.39, 0.29) is 35.9 Å². The quantitative estimate of drug-likeness (QED) is 0.552. The smallest absolute Gasteiger partial charge is 0.410 e. The van der Waals surface area contributed by atoms with E-state index in [0.29, 0.717) is 29.1 Å². The lowest BCUT2D eigenvalue weighted by Gasteiger charge is -2.28. The molecule has 3 atom stereocenters. The van der Waals surface area contributed by atoms with E-state index in [1.165, 1.54) is 18.6 Å². The molecule has 2 aliphatic heterocycles. The van der Waals surface area contributed by atoms with E-state index in [4.69, 9.17) is 9.15 Å². The molecule has 2 saturated heterocycles. The van der Waals surface area contributed by atoms with Crippen LogP contribution in [0.2, 0.25) is 0 Å². The van der Waals surface area contributed by atoms with E-state index in [9.17, 15) is 14.8 Å². The standard InChI is InChI=1S/C21H26N4O5/c1-13-15-7-10-24(16(15)12-25(13)20(27)30-21(2,3)4)19(26)18-22-11-17(29-18)14-5-8-23(28)9-6-14/h5-6,8-9,11,13,15-16H,7,10,12H2,1-4H3/t13-,15-,16+/m1/s1. The molecule has 0 N–H and O–H groups in total. The number of rotatable bonds is 2. The third-order valence-electron chi connectivity index (χ3n) is 5.76. The predicted molar refractivity (Wildman–Crippen MR) is 106 cm³/mol. The minimum absolute atomic E-state index is 0.00729. The Morgan fingerprint density at radius 1 is 1.27 bits per heavy atom. The lowest BCUT2D eigenvalue weighted by molar-refractivity contribution is -0.605. The number of carbonyl (C=O) groups is 2. The molecule has 30 heavy (non-hydrogen) atoms. The summed E-state index contributed by atoms with van der Waals surface area (Å²) in [7, 11) is 0. The highest BCUT2D eigenvalue weighted by atomic mass is 16.6. The maximum Gasteiger partial charge on any atom is 0.410 e. The molecule has 0 aromatic carbocycles. The molecular weight excluding hydrogens is 388 g/mol. The summed E-state index contributed by atoms with van der Waals surface area (Å²) in [4.78, 5) is 33.3. The minimum Gasteiger partial charge on any atom is -0.619 e. The van der Waals surface area contributed by atoms with Crippen LogP contribution in [0, 0.1) is 11.1 Å². The summed E-state index contributed by atoms with van der Waals surface area (Å²) in [6.45, 7) is 8.55. The summed E-state index contributed by atoms with van der Waals surface area (Å²) >= 11 is 0. The van der Waals surface area contributed by atoms with Gasteiger partial charge in [-0.05, 0) is 34.1 Å². The Kier molecular flexibility index (Phi) is 4.91. The van der Waals surface area contributed by atoms with Gasteiger partial charge < -0.3 is 24.2 Å². The van der Waals surface area contributed by atoms with Crippen LogP contribution in [-0.2, 0) is 4.74 Å². The highest BCUT2D eigenvalue weighted by Gasteiger charge is 2.50. The van der Waals surface area contributed by atoms with Gasteiger partial charge in [0.05, 0.1) is 12.2 Å². The maximum absolute atomic E-state index is 13.1. The topological polar surface area (TPSA) is 103 Å². The molecule has 0 saturated carbocycles. The summed E-state index contributed by atoms with van der Waals surface area (Å²) in [6.07, 6.45) is 4.66. The van der Waals surface area contributed by atoms with Crippen LogP contribution in [0.25, 0.3) is 11.3 Å². The van der Waals surface area contributed by atoms with Crippen LogP contribution in [-0.4, -0.2) is 57.6 Å². The van der Waals surface area contributed by atoms with Crippen molar-refractivity contribution < 1.29 is 23.5 Å². The third-order valence-corrected chi connectivity index (χ3v) is 5.76. The van der Waals surface area contributed by atoms with Gasteiger partial charge >= 0.3 is 12.0 Å². The molecule has 2 fully saturated rings. The first-order valence-electron chi connectivity index (χ1n) is 10.1. The van der Waals surface area contributed by atoms with Crippen molar-refractivity contribution in [3.8, 4) is 11.3 Å². The fourth-order valence-electron chi connectivity index (χ4n) is 4.29. The Morgan fingerprint density at radius 3 is 2.63 bits per heavy atom. The average molecular weight is 414 g/mol. The first-order chi connectivity index (χ1) is 14.1. The number of fused-ring (bicyclic) bond motifs is 1. The number of amides is 2. The van der Waals surface area contributed by atoms with Gasteiger partial charge in [0.1, 0.15) is 5.60 Å². The van der Waals surface area contributed by atoms with Crippen molar-refractivity contribution in [2.45, 2.75) is 51.8 Å². The Morgan fingerprint density at radius 2 is 1.97 bits per heavy atom. The van der Waals surface area contributed by atoms with Crippen LogP contribution < -0.4 is 4.73 Å². The van der Waals surface area contributed by atoms with Crippen molar-refractivity contribution in [2.24, 2.45) is 5.92 Å². The molecule has 2 aliphatic rings. The van der Waals surface area contributed by atoms with E-state index in [1.54, 1.807) is 21.9 Å². The molecular formula is C21H26N4O5. The summed E-state index contributed by atoms with van der Waals surface area (Å²) in [5.41, 5.74) is 0.0972. The third kappa shape index (κ3) is 3.71. The molecule has 4 heterocycles. The van der Waals surface area contributed by atoms with Gasteiger partial charge in [0.25, 0.3) is 5.89 Å². The number of hydrogen-bond acceptors (Lipinski definition) is 6. The number of hydrogen-bond donors (Lipinski definition) is 0. The van der Waals surface area contributed by atoms with Gasteiger partial charge in [0, 0.05) is 42.7 Å². The second-order valence-electron chi connectivity index (χ2n) is 8.87. The number of pyridine rings is 1. The van der Waals surface area contributed by atoms with Gasteiger partial charge in [-0.25, -0.2) is 9.78 Å². The van der Waals surface area contributed by atoms with Crippen LogP contribution in [0.4, 0.5) is 4.79 Å². The molecule has 160 valence electrons. The van der Waals surface area contributed by atoms with E-state index < -0.39 is 5.60 Å². The second-order valence-corrected chi connectivity index (χ2v) is 8.87. The van der Waals surface area contributed by atoms with Gasteiger partial charge in [0.2, 0.25) is 0 Å². The number of carbonyl (C=O) groups excluding carboxylic acids is 2. The molecule has 0 bridgehead atoms. The average Bonchev–Trinajstić information content (AvgIpc) is 3.37. The summed E-state index contributed by atoms with van der Waals surface area (Å²) in [5.74, 6) is 0.331. The molecule has 0 radical (unpaired) electrons. The zero-order valence-corrected chi connectivity index (χ0v) is 17.6. The summed E-state index contributed by atoms with van der Waals surface area (Å²) in [5, 5.41) is 11.2. The SMILES string of the molecule is C[C@@H]1[C@H]2CCN(C(=O)c3ncc(-c4cc[n+]([O-])cc4)o3)[C@H]2CN1C(=O)OC(C)(C)C. The predicted octanol–water partition coefficient (Wildman–Crippen LogP) is 2.44. The van der Waals surface area contributed by atoms with E-state index >= 15 is 0 Å². The summed E-state index contributed by atoms with van der Waals surface area (Å²) < 4.78 is 11.9. The van der Waals surface area contributed by atoms with Gasteiger partial charge in [0.15, 0.2) is 18.2 Å². The van der Waals surface area contributed by atoms with Crippen molar-refractivity contribution in [1.82, 2.24) is 14.8 Å². The van der Waals surface area contributed by atoms with Crippen molar-refractivity contribution in [1.29, 1.82) is 0 Å². The van der Waals surface area contributed by atoms with Crippen molar-refractivity contribution in [2.75, 3.05) is 13.1 Å². The van der Waals surface area contributed by atoms with E-state index in [0.717, 1.165) is 6.42 Å². The molecule has 0 spiro atoms. The Bertz CT molecular complexity index is 949. The molecule has 2 amide bonds. The lowest BCUT2D eigenvalue weighted by Crippen LogP contribution is -2.43. The largest absolute Gasteiger partial charge is 0.619 e. The van der Waals surface area contributed by atoms with Gasteiger partial charge in [-0.15, -0.1) is 0 Å². The number of aromatic nitrogens is 2. The Hall–Kier alpha value is -3.10. The maximum atomic E-state index is 13.1. The van der Waals surface area contributed by atoms with Gasteiger partial charge in [-0.2, -0.15) is 4.73 Å². The minimum atomic E-state index is -0.568. The number of ether oxygens (including phenoxy) is 1. The molecule has 0 unspecified atom stereocenters. The van der Waals surface area contributed by atoms with Crippen molar-refractivity contribution in [3.05, 3.63) is 41.8 Å². The fourth-order valence-corrected chi connectivity index (χ4v) is 4.29. The van der Waals surface area contributed by atoms with Crippen molar-refractivity contribution in [3.63, 3.8) is 0 Å². The molecule has 4 rings (SSSR count). The first-order valence-corrected chi connectivity index (χ1v) is 10.1. The van der Waals surface area contributed by atoms with Crippen LogP contribution in [0.5, 0.6) is 0 Å². The van der Waals surface area contributed by atoms with Crippen LogP contribution >= 0.6 is 0 Å². The molecule has 9 nitrogen and oxygen atoms in total. The Labute approximate surface area is 174 Å². The molecule has 0 aliphatic carbocycles. The Balaban J connectivity index is 1.48. The molecule has 9 heteroatoms. The van der Waals surface area contributed by atoms with Crippen LogP contribution in [0.1, 0.15) is 44.8 Å². The monoisotopic (exact) mass is 414 g/mol. The normalized spacial score (nSPS) is 23.5. The second kappa shape index (κ2) is 7.30. The van der Waals surface area contributed by atoms with Crippen LogP contribution in [0.15, 0.2) is 35.1 Å². The zero-order valence-electron chi connectivity index (χ0n) is 17.6. The number of nitrogens with zero attached hydrogens (tertiary/aromatic N) is 4. The molecule has 2 aromatic heterocycles. The van der Waals surface area contributed by atoms with Gasteiger partial charge in [-0.3, -0.25) is 4.79 Å². The summed E-state index contributed by atoms with van der Waals surface area (Å²) in [6, 6.07) is 3.10.